The summed E-state index contributed by atoms with van der Waals surface area (Å²) < 4.78 is 5.60. The molecule has 1 aromatic carbocycles. The molecular formula is C24H27N5O3. The van der Waals surface area contributed by atoms with Gasteiger partial charge in [-0.3, -0.25) is 9.59 Å². The largest absolute Gasteiger partial charge is 0.348 e. The fourth-order valence-corrected chi connectivity index (χ4v) is 5.30. The van der Waals surface area contributed by atoms with Crippen LogP contribution in [0.1, 0.15) is 48.9 Å². The summed E-state index contributed by atoms with van der Waals surface area (Å²) in [5.41, 5.74) is 0.768. The molecule has 32 heavy (non-hydrogen) atoms. The molecule has 166 valence electrons. The van der Waals surface area contributed by atoms with E-state index in [0.717, 1.165) is 17.3 Å². The summed E-state index contributed by atoms with van der Waals surface area (Å²) in [6, 6.07) is 11.4. The van der Waals surface area contributed by atoms with Gasteiger partial charge in [0, 0.05) is 30.4 Å². The maximum absolute atomic E-state index is 13.0. The second-order valence-electron chi connectivity index (χ2n) is 9.37. The Morgan fingerprint density at radius 1 is 1.19 bits per heavy atom. The number of amides is 2. The molecule has 2 aliphatic rings. The fourth-order valence-electron chi connectivity index (χ4n) is 5.30. The predicted octanol–water partition coefficient (Wildman–Crippen LogP) is 2.87. The fraction of sp³-hybridized carbons (Fsp3) is 0.458. The molecule has 0 spiro atoms. The van der Waals surface area contributed by atoms with Crippen LogP contribution in [0.3, 0.4) is 0 Å². The number of hydrogen-bond acceptors (Lipinski definition) is 6. The van der Waals surface area contributed by atoms with Crippen LogP contribution in [0.2, 0.25) is 0 Å². The molecule has 1 aliphatic heterocycles. The van der Waals surface area contributed by atoms with Gasteiger partial charge in [-0.25, -0.2) is 4.98 Å². The van der Waals surface area contributed by atoms with Crippen LogP contribution in [0, 0.1) is 18.8 Å². The summed E-state index contributed by atoms with van der Waals surface area (Å²) in [7, 11) is 0. The van der Waals surface area contributed by atoms with Crippen molar-refractivity contribution in [2.45, 2.75) is 45.1 Å². The number of aromatic nitrogens is 3. The van der Waals surface area contributed by atoms with Gasteiger partial charge in [-0.05, 0) is 37.8 Å². The Hall–Kier alpha value is -3.29. The lowest BCUT2D eigenvalue weighted by atomic mass is 9.80. The van der Waals surface area contributed by atoms with E-state index in [0.29, 0.717) is 36.9 Å². The monoisotopic (exact) mass is 433 g/mol. The average Bonchev–Trinajstić information content (AvgIpc) is 3.45. The van der Waals surface area contributed by atoms with E-state index in [1.165, 1.54) is 0 Å². The van der Waals surface area contributed by atoms with E-state index in [4.69, 9.17) is 4.52 Å². The number of pyridine rings is 1. The number of aryl methyl sites for hydroxylation is 1. The Morgan fingerprint density at radius 3 is 2.75 bits per heavy atom. The van der Waals surface area contributed by atoms with Crippen molar-refractivity contribution < 1.29 is 14.1 Å². The van der Waals surface area contributed by atoms with Crippen LogP contribution < -0.4 is 5.32 Å². The number of benzene rings is 1. The van der Waals surface area contributed by atoms with E-state index in [1.807, 2.05) is 49.1 Å². The smallest absolute Gasteiger partial charge is 0.270 e. The normalized spacial score (nSPS) is 24.8. The summed E-state index contributed by atoms with van der Waals surface area (Å²) in [5.74, 6) is 1.18. The number of likely N-dealkylation sites (tertiary alicyclic amines) is 1. The van der Waals surface area contributed by atoms with Crippen molar-refractivity contribution in [1.82, 2.24) is 25.3 Å². The lowest BCUT2D eigenvalue weighted by Crippen LogP contribution is -2.40. The third-order valence-corrected chi connectivity index (χ3v) is 6.80. The van der Waals surface area contributed by atoms with Gasteiger partial charge < -0.3 is 14.7 Å². The lowest BCUT2D eigenvalue weighted by molar-refractivity contribution is -0.133. The molecule has 3 heterocycles. The molecule has 2 fully saturated rings. The first-order chi connectivity index (χ1) is 15.4. The van der Waals surface area contributed by atoms with Gasteiger partial charge in [-0.1, -0.05) is 43.3 Å². The number of nitrogens with zero attached hydrogens (tertiary/aromatic N) is 4. The number of carbonyl (C=O) groups excluding carboxylic acids is 2. The van der Waals surface area contributed by atoms with Gasteiger partial charge in [0.1, 0.15) is 5.69 Å². The molecule has 1 aliphatic carbocycles. The van der Waals surface area contributed by atoms with Gasteiger partial charge in [-0.2, -0.15) is 4.98 Å². The first kappa shape index (κ1) is 20.6. The highest BCUT2D eigenvalue weighted by atomic mass is 16.5. The quantitative estimate of drug-likeness (QED) is 0.679. The Bertz CT molecular complexity index is 1190. The van der Waals surface area contributed by atoms with Crippen LogP contribution in [-0.4, -0.2) is 51.0 Å². The predicted molar refractivity (Wildman–Crippen MR) is 118 cm³/mol. The molecule has 2 amide bonds. The van der Waals surface area contributed by atoms with E-state index in [2.05, 4.69) is 20.4 Å². The van der Waals surface area contributed by atoms with Gasteiger partial charge in [0.05, 0.1) is 10.9 Å². The van der Waals surface area contributed by atoms with Crippen LogP contribution in [-0.2, 0) is 10.2 Å². The summed E-state index contributed by atoms with van der Waals surface area (Å²) in [5, 5.41) is 8.16. The first-order valence-electron chi connectivity index (χ1n) is 11.1. The minimum atomic E-state index is -0.430. The van der Waals surface area contributed by atoms with Gasteiger partial charge in [0.25, 0.3) is 5.91 Å². The van der Waals surface area contributed by atoms with Crippen molar-refractivity contribution in [2.24, 2.45) is 11.8 Å². The Kier molecular flexibility index (Phi) is 4.95. The number of fused-ring (bicyclic) bond motifs is 2. The maximum Gasteiger partial charge on any atom is 0.270 e. The van der Waals surface area contributed by atoms with Gasteiger partial charge in [0.15, 0.2) is 5.82 Å². The van der Waals surface area contributed by atoms with Crippen LogP contribution in [0.25, 0.3) is 10.9 Å². The van der Waals surface area contributed by atoms with Gasteiger partial charge in [-0.15, -0.1) is 0 Å². The zero-order valence-electron chi connectivity index (χ0n) is 18.5. The maximum atomic E-state index is 13.0. The van der Waals surface area contributed by atoms with Crippen molar-refractivity contribution in [3.8, 4) is 0 Å². The molecule has 0 radical (unpaired) electrons. The van der Waals surface area contributed by atoms with E-state index < -0.39 is 5.41 Å². The SMILES string of the molecule is Cc1noc(C23CC(NC(=O)c4ccc5ccccc5n4)CC2CN(C(=O)C(C)C)C3)n1. The Morgan fingerprint density at radius 2 is 2.00 bits per heavy atom. The summed E-state index contributed by atoms with van der Waals surface area (Å²) in [4.78, 5) is 36.6. The molecule has 1 saturated heterocycles. The van der Waals surface area contributed by atoms with Crippen molar-refractivity contribution in [1.29, 1.82) is 0 Å². The second kappa shape index (κ2) is 7.69. The number of para-hydroxylation sites is 1. The summed E-state index contributed by atoms with van der Waals surface area (Å²) in [6.45, 7) is 6.80. The zero-order chi connectivity index (χ0) is 22.5. The van der Waals surface area contributed by atoms with Gasteiger partial charge in [0.2, 0.25) is 11.8 Å². The van der Waals surface area contributed by atoms with Crippen LogP contribution in [0.5, 0.6) is 0 Å². The van der Waals surface area contributed by atoms with Crippen LogP contribution >= 0.6 is 0 Å². The number of hydrogen-bond donors (Lipinski definition) is 1. The molecule has 3 atom stereocenters. The van der Waals surface area contributed by atoms with Crippen molar-refractivity contribution in [3.63, 3.8) is 0 Å². The van der Waals surface area contributed by atoms with Crippen molar-refractivity contribution in [3.05, 3.63) is 53.8 Å². The summed E-state index contributed by atoms with van der Waals surface area (Å²) >= 11 is 0. The third kappa shape index (κ3) is 3.43. The lowest BCUT2D eigenvalue weighted by Gasteiger charge is -2.26. The first-order valence-corrected chi connectivity index (χ1v) is 11.1. The minimum Gasteiger partial charge on any atom is -0.348 e. The molecule has 1 N–H and O–H groups in total. The highest BCUT2D eigenvalue weighted by Crippen LogP contribution is 2.50. The molecule has 3 aromatic rings. The zero-order valence-corrected chi connectivity index (χ0v) is 18.5. The van der Waals surface area contributed by atoms with Crippen molar-refractivity contribution in [2.75, 3.05) is 13.1 Å². The van der Waals surface area contributed by atoms with Crippen LogP contribution in [0.15, 0.2) is 40.9 Å². The Balaban J connectivity index is 1.37. The van der Waals surface area contributed by atoms with Crippen molar-refractivity contribution >= 4 is 22.7 Å². The molecule has 2 aromatic heterocycles. The van der Waals surface area contributed by atoms with E-state index in [9.17, 15) is 9.59 Å². The minimum absolute atomic E-state index is 0.0516. The molecule has 8 heteroatoms. The standard InChI is InChI=1S/C24H27N5O3/c1-14(2)22(31)29-12-17-10-18(11-24(17,13-29)23-25-15(3)28-32-23)26-21(30)20-9-8-16-6-4-5-7-19(16)27-20/h4-9,14,17-18H,10-13H2,1-3H3,(H,26,30). The highest BCUT2D eigenvalue weighted by molar-refractivity contribution is 5.95. The number of nitrogens with one attached hydrogen (secondary N) is 1. The van der Waals surface area contributed by atoms with Crippen LogP contribution in [0.4, 0.5) is 0 Å². The average molecular weight is 434 g/mol. The van der Waals surface area contributed by atoms with E-state index in [1.54, 1.807) is 13.0 Å². The third-order valence-electron chi connectivity index (χ3n) is 6.80. The van der Waals surface area contributed by atoms with Gasteiger partial charge >= 0.3 is 0 Å². The van der Waals surface area contributed by atoms with E-state index in [-0.39, 0.29) is 29.7 Å². The highest BCUT2D eigenvalue weighted by Gasteiger charge is 2.58. The number of rotatable bonds is 4. The molecule has 0 bridgehead atoms. The Labute approximate surface area is 186 Å². The topological polar surface area (TPSA) is 101 Å². The van der Waals surface area contributed by atoms with E-state index >= 15 is 0 Å². The molecule has 5 rings (SSSR count). The molecule has 1 saturated carbocycles. The molecule has 3 unspecified atom stereocenters. The molecular weight excluding hydrogens is 406 g/mol. The number of carbonyl (C=O) groups is 2. The molecule has 8 nitrogen and oxygen atoms in total. The summed E-state index contributed by atoms with van der Waals surface area (Å²) in [6.07, 6.45) is 1.41. The second-order valence-corrected chi connectivity index (χ2v) is 9.37.